The quantitative estimate of drug-likeness (QED) is 0.581. The molecule has 0 unspecified atom stereocenters. The van der Waals surface area contributed by atoms with Crippen LogP contribution in [0.25, 0.3) is 11.3 Å². The number of halogens is 2. The number of nitrogens with zero attached hydrogens (tertiary/aromatic N) is 5. The van der Waals surface area contributed by atoms with Crippen molar-refractivity contribution in [3.05, 3.63) is 65.1 Å². The van der Waals surface area contributed by atoms with E-state index in [1.54, 1.807) is 0 Å². The molecule has 2 atom stereocenters. The fraction of sp³-hybridized carbons (Fsp3) is 0.440. The van der Waals surface area contributed by atoms with Gasteiger partial charge in [-0.05, 0) is 66.8 Å². The highest BCUT2D eigenvalue weighted by molar-refractivity contribution is 5.64. The first-order chi connectivity index (χ1) is 15.4. The summed E-state index contributed by atoms with van der Waals surface area (Å²) in [4.78, 5) is 11.8. The SMILES string of the molecule is CC1(C)[C@H]2CC[C@]1(c1ccnc(N3CCCC3)n1)c1nnc(-c3c(F)cccc3F)cc12. The molecule has 0 spiro atoms. The van der Waals surface area contributed by atoms with E-state index in [1.807, 2.05) is 18.3 Å². The molecular weight excluding hydrogens is 408 g/mol. The van der Waals surface area contributed by atoms with Crippen molar-refractivity contribution in [2.75, 3.05) is 18.0 Å². The Morgan fingerprint density at radius 1 is 1.03 bits per heavy atom. The van der Waals surface area contributed by atoms with Crippen molar-refractivity contribution in [1.29, 1.82) is 0 Å². The lowest BCUT2D eigenvalue weighted by molar-refractivity contribution is 0.242. The first kappa shape index (κ1) is 19.7. The van der Waals surface area contributed by atoms with Gasteiger partial charge in [-0.15, -0.1) is 5.10 Å². The summed E-state index contributed by atoms with van der Waals surface area (Å²) in [6, 6.07) is 7.73. The average Bonchev–Trinajstić information content (AvgIpc) is 3.45. The van der Waals surface area contributed by atoms with Crippen molar-refractivity contribution in [2.24, 2.45) is 5.41 Å². The number of rotatable bonds is 3. The van der Waals surface area contributed by atoms with Gasteiger partial charge in [-0.3, -0.25) is 0 Å². The van der Waals surface area contributed by atoms with Gasteiger partial charge in [0.25, 0.3) is 0 Å². The molecule has 3 aromatic rings. The van der Waals surface area contributed by atoms with Crippen molar-refractivity contribution < 1.29 is 8.78 Å². The molecule has 2 bridgehead atoms. The molecular formula is C25H25F2N5. The van der Waals surface area contributed by atoms with Crippen LogP contribution < -0.4 is 4.90 Å². The molecule has 7 heteroatoms. The third-order valence-electron chi connectivity index (χ3n) is 8.07. The summed E-state index contributed by atoms with van der Waals surface area (Å²) in [5.41, 5.74) is 2.51. The fourth-order valence-corrected chi connectivity index (χ4v) is 6.41. The van der Waals surface area contributed by atoms with Crippen LogP contribution in [0.1, 0.15) is 62.4 Å². The predicted octanol–water partition coefficient (Wildman–Crippen LogP) is 5.02. The van der Waals surface area contributed by atoms with Gasteiger partial charge in [0.1, 0.15) is 11.6 Å². The Kier molecular flexibility index (Phi) is 4.17. The first-order valence-electron chi connectivity index (χ1n) is 11.3. The molecule has 3 aliphatic rings. The van der Waals surface area contributed by atoms with Gasteiger partial charge in [0.2, 0.25) is 5.95 Å². The number of aromatic nitrogens is 4. The third kappa shape index (κ3) is 2.48. The largest absolute Gasteiger partial charge is 0.341 e. The highest BCUT2D eigenvalue weighted by Gasteiger charge is 2.65. The van der Waals surface area contributed by atoms with Crippen LogP contribution in [0.4, 0.5) is 14.7 Å². The fourth-order valence-electron chi connectivity index (χ4n) is 6.41. The molecule has 3 heterocycles. The minimum atomic E-state index is -0.623. The summed E-state index contributed by atoms with van der Waals surface area (Å²) in [5.74, 6) is -0.239. The Morgan fingerprint density at radius 2 is 1.78 bits per heavy atom. The molecule has 164 valence electrons. The standard InChI is InChI=1S/C25H25F2N5/c1-24(2)16-8-10-25(24,20-9-11-28-23(29-20)32-12-3-4-13-32)22-15(16)14-19(30-31-22)21-17(26)6-5-7-18(21)27/h5-7,9,11,14,16H,3-4,8,10,12-13H2,1-2H3/t16-,25-/m0/s1. The molecule has 2 aromatic heterocycles. The molecule has 5 nitrogen and oxygen atoms in total. The molecule has 32 heavy (non-hydrogen) atoms. The zero-order chi connectivity index (χ0) is 22.1. The van der Waals surface area contributed by atoms with Crippen LogP contribution in [-0.2, 0) is 5.41 Å². The van der Waals surface area contributed by atoms with Crippen molar-refractivity contribution in [2.45, 2.75) is 50.9 Å². The van der Waals surface area contributed by atoms with Gasteiger partial charge in [0.15, 0.2) is 0 Å². The van der Waals surface area contributed by atoms with Crippen LogP contribution in [0.5, 0.6) is 0 Å². The maximum Gasteiger partial charge on any atom is 0.225 e. The molecule has 1 saturated carbocycles. The molecule has 1 saturated heterocycles. The highest BCUT2D eigenvalue weighted by atomic mass is 19.1. The summed E-state index contributed by atoms with van der Waals surface area (Å²) in [6.07, 6.45) is 6.08. The molecule has 6 rings (SSSR count). The third-order valence-corrected chi connectivity index (χ3v) is 8.07. The lowest BCUT2D eigenvalue weighted by atomic mass is 9.66. The van der Waals surface area contributed by atoms with E-state index in [9.17, 15) is 8.78 Å². The van der Waals surface area contributed by atoms with Gasteiger partial charge in [0, 0.05) is 19.3 Å². The maximum atomic E-state index is 14.4. The zero-order valence-corrected chi connectivity index (χ0v) is 18.3. The minimum absolute atomic E-state index is 0.115. The summed E-state index contributed by atoms with van der Waals surface area (Å²) in [6.45, 7) is 6.48. The van der Waals surface area contributed by atoms with Crippen LogP contribution in [0, 0.1) is 17.0 Å². The van der Waals surface area contributed by atoms with E-state index in [4.69, 9.17) is 4.98 Å². The number of hydrogen-bond acceptors (Lipinski definition) is 5. The lowest BCUT2D eigenvalue weighted by Gasteiger charge is -2.37. The molecule has 2 fully saturated rings. The van der Waals surface area contributed by atoms with Crippen molar-refractivity contribution in [1.82, 2.24) is 20.2 Å². The van der Waals surface area contributed by atoms with E-state index in [1.165, 1.54) is 18.2 Å². The molecule has 0 amide bonds. The monoisotopic (exact) mass is 433 g/mol. The molecule has 2 aliphatic carbocycles. The Morgan fingerprint density at radius 3 is 2.53 bits per heavy atom. The Balaban J connectivity index is 1.51. The van der Waals surface area contributed by atoms with Crippen LogP contribution in [-0.4, -0.2) is 33.3 Å². The lowest BCUT2D eigenvalue weighted by Crippen LogP contribution is -2.38. The van der Waals surface area contributed by atoms with Crippen molar-refractivity contribution in [3.63, 3.8) is 0 Å². The van der Waals surface area contributed by atoms with Gasteiger partial charge in [-0.2, -0.15) is 5.10 Å². The summed E-state index contributed by atoms with van der Waals surface area (Å²) < 4.78 is 28.9. The van der Waals surface area contributed by atoms with Crippen LogP contribution in [0.2, 0.25) is 0 Å². The van der Waals surface area contributed by atoms with Gasteiger partial charge >= 0.3 is 0 Å². The minimum Gasteiger partial charge on any atom is -0.341 e. The topological polar surface area (TPSA) is 54.8 Å². The second-order valence-corrected chi connectivity index (χ2v) is 9.78. The van der Waals surface area contributed by atoms with E-state index in [0.717, 1.165) is 61.7 Å². The van der Waals surface area contributed by atoms with Crippen molar-refractivity contribution >= 4 is 5.95 Å². The summed E-state index contributed by atoms with van der Waals surface area (Å²) >= 11 is 0. The second kappa shape index (κ2) is 6.77. The average molecular weight is 434 g/mol. The predicted molar refractivity (Wildman–Crippen MR) is 117 cm³/mol. The van der Waals surface area contributed by atoms with Crippen LogP contribution in [0.3, 0.4) is 0 Å². The summed E-state index contributed by atoms with van der Waals surface area (Å²) in [5, 5.41) is 8.93. The normalized spacial score (nSPS) is 25.4. The van der Waals surface area contributed by atoms with Crippen LogP contribution in [0.15, 0.2) is 36.5 Å². The molecule has 0 N–H and O–H groups in total. The Hall–Kier alpha value is -2.96. The highest BCUT2D eigenvalue weighted by Crippen LogP contribution is 2.69. The Labute approximate surface area is 185 Å². The van der Waals surface area contributed by atoms with E-state index in [-0.39, 0.29) is 28.0 Å². The summed E-state index contributed by atoms with van der Waals surface area (Å²) in [7, 11) is 0. The van der Waals surface area contributed by atoms with E-state index in [2.05, 4.69) is 33.9 Å². The number of anilines is 1. The van der Waals surface area contributed by atoms with Crippen molar-refractivity contribution in [3.8, 4) is 11.3 Å². The second-order valence-electron chi connectivity index (χ2n) is 9.78. The van der Waals surface area contributed by atoms with Gasteiger partial charge in [-0.1, -0.05) is 19.9 Å². The molecule has 1 aliphatic heterocycles. The smallest absolute Gasteiger partial charge is 0.225 e. The number of fused-ring (bicyclic) bond motifs is 5. The number of benzene rings is 1. The van der Waals surface area contributed by atoms with E-state index in [0.29, 0.717) is 0 Å². The Bertz CT molecular complexity index is 1200. The van der Waals surface area contributed by atoms with Gasteiger partial charge in [-0.25, -0.2) is 18.7 Å². The molecule has 1 aromatic carbocycles. The molecule has 0 radical (unpaired) electrons. The number of hydrogen-bond donors (Lipinski definition) is 0. The van der Waals surface area contributed by atoms with E-state index >= 15 is 0 Å². The first-order valence-corrected chi connectivity index (χ1v) is 11.3. The van der Waals surface area contributed by atoms with Crippen LogP contribution >= 0.6 is 0 Å². The zero-order valence-electron chi connectivity index (χ0n) is 18.3. The van der Waals surface area contributed by atoms with Gasteiger partial charge in [0.05, 0.1) is 28.1 Å². The van der Waals surface area contributed by atoms with E-state index < -0.39 is 11.6 Å². The maximum absolute atomic E-state index is 14.4. The van der Waals surface area contributed by atoms with Gasteiger partial charge < -0.3 is 4.90 Å².